The molecular weight excluding hydrogens is 190 g/mol. The zero-order valence-corrected chi connectivity index (χ0v) is 9.08. The van der Waals surface area contributed by atoms with Crippen molar-refractivity contribution < 1.29 is 9.53 Å². The minimum atomic E-state index is 0.251. The summed E-state index contributed by atoms with van der Waals surface area (Å²) in [7, 11) is 0. The minimum Gasteiger partial charge on any atom is -0.502 e. The summed E-state index contributed by atoms with van der Waals surface area (Å²) in [5.41, 5.74) is 0. The highest BCUT2D eigenvalue weighted by molar-refractivity contribution is 5.79. The number of rotatable bonds is 6. The molecule has 84 valence electrons. The fourth-order valence-electron chi connectivity index (χ4n) is 2.52. The van der Waals surface area contributed by atoms with E-state index in [1.165, 1.54) is 12.7 Å². The van der Waals surface area contributed by atoms with Crippen LogP contribution in [0.3, 0.4) is 0 Å². The molecule has 0 bridgehead atoms. The van der Waals surface area contributed by atoms with E-state index in [9.17, 15) is 4.79 Å². The van der Waals surface area contributed by atoms with Crippen LogP contribution >= 0.6 is 0 Å². The first kappa shape index (κ1) is 10.5. The maximum atomic E-state index is 11.7. The Morgan fingerprint density at radius 2 is 2.13 bits per heavy atom. The van der Waals surface area contributed by atoms with Gasteiger partial charge in [-0.15, -0.1) is 0 Å². The third-order valence-electron chi connectivity index (χ3n) is 3.47. The molecule has 0 heterocycles. The van der Waals surface area contributed by atoms with Crippen molar-refractivity contribution >= 4 is 5.91 Å². The summed E-state index contributed by atoms with van der Waals surface area (Å²) in [6.07, 6.45) is 5.92. The molecule has 2 unspecified atom stereocenters. The Bertz CT molecular complexity index is 242. The summed E-state index contributed by atoms with van der Waals surface area (Å²) < 4.78 is 4.98. The minimum absolute atomic E-state index is 0.251. The van der Waals surface area contributed by atoms with Gasteiger partial charge >= 0.3 is 0 Å². The summed E-state index contributed by atoms with van der Waals surface area (Å²) in [4.78, 5) is 11.7. The Morgan fingerprint density at radius 1 is 1.40 bits per heavy atom. The van der Waals surface area contributed by atoms with Gasteiger partial charge in [0.1, 0.15) is 0 Å². The second-order valence-corrected chi connectivity index (χ2v) is 4.61. The number of carbonyl (C=O) groups excluding carboxylic acids is 1. The molecule has 3 heteroatoms. The normalized spacial score (nSPS) is 31.9. The van der Waals surface area contributed by atoms with Gasteiger partial charge in [-0.25, -0.2) is 0 Å². The Morgan fingerprint density at radius 3 is 2.80 bits per heavy atom. The number of fused-ring (bicyclic) bond motifs is 1. The second-order valence-electron chi connectivity index (χ2n) is 4.61. The molecule has 3 nitrogen and oxygen atoms in total. The highest BCUT2D eigenvalue weighted by Gasteiger charge is 2.47. The molecule has 2 saturated carbocycles. The van der Waals surface area contributed by atoms with Crippen LogP contribution in [0.15, 0.2) is 12.8 Å². The van der Waals surface area contributed by atoms with Crippen molar-refractivity contribution in [2.24, 2.45) is 17.8 Å². The van der Waals surface area contributed by atoms with Crippen molar-refractivity contribution in [2.45, 2.75) is 25.7 Å². The maximum Gasteiger partial charge on any atom is 0.223 e. The molecule has 0 spiro atoms. The highest BCUT2D eigenvalue weighted by Crippen LogP contribution is 2.54. The van der Waals surface area contributed by atoms with E-state index in [4.69, 9.17) is 4.74 Å². The fourth-order valence-corrected chi connectivity index (χ4v) is 2.52. The summed E-state index contributed by atoms with van der Waals surface area (Å²) in [5, 5.41) is 2.97. The fraction of sp³-hybridized carbons (Fsp3) is 0.750. The van der Waals surface area contributed by atoms with Crippen LogP contribution in [-0.4, -0.2) is 19.1 Å². The van der Waals surface area contributed by atoms with Crippen molar-refractivity contribution in [1.82, 2.24) is 5.32 Å². The third kappa shape index (κ3) is 2.74. The Kier molecular flexibility index (Phi) is 3.29. The van der Waals surface area contributed by atoms with E-state index in [-0.39, 0.29) is 5.91 Å². The number of carbonyl (C=O) groups is 1. The molecule has 0 aliphatic heterocycles. The first-order chi connectivity index (χ1) is 7.31. The molecule has 2 aliphatic rings. The lowest BCUT2D eigenvalue weighted by Gasteiger charge is -2.11. The van der Waals surface area contributed by atoms with Gasteiger partial charge < -0.3 is 10.1 Å². The molecule has 0 saturated heterocycles. The van der Waals surface area contributed by atoms with Gasteiger partial charge in [0.2, 0.25) is 5.91 Å². The first-order valence-electron chi connectivity index (χ1n) is 5.81. The number of hydrogen-bond acceptors (Lipinski definition) is 2. The van der Waals surface area contributed by atoms with Crippen molar-refractivity contribution in [2.75, 3.05) is 13.2 Å². The van der Waals surface area contributed by atoms with Gasteiger partial charge in [-0.1, -0.05) is 6.58 Å². The van der Waals surface area contributed by atoms with Gasteiger partial charge in [-0.05, 0) is 37.5 Å². The van der Waals surface area contributed by atoms with Crippen LogP contribution in [0.1, 0.15) is 25.7 Å². The lowest BCUT2D eigenvalue weighted by Crippen LogP contribution is -2.31. The van der Waals surface area contributed by atoms with Gasteiger partial charge in [0, 0.05) is 12.5 Å². The lowest BCUT2D eigenvalue weighted by molar-refractivity contribution is -0.125. The van der Waals surface area contributed by atoms with E-state index < -0.39 is 0 Å². The molecule has 0 aromatic carbocycles. The van der Waals surface area contributed by atoms with Gasteiger partial charge in [-0.3, -0.25) is 4.79 Å². The summed E-state index contributed by atoms with van der Waals surface area (Å²) in [6, 6.07) is 0. The van der Waals surface area contributed by atoms with E-state index in [0.717, 1.165) is 37.6 Å². The highest BCUT2D eigenvalue weighted by atomic mass is 16.5. The molecule has 2 atom stereocenters. The molecule has 1 amide bonds. The van der Waals surface area contributed by atoms with Crippen LogP contribution in [-0.2, 0) is 9.53 Å². The first-order valence-corrected chi connectivity index (χ1v) is 5.81. The maximum absolute atomic E-state index is 11.7. The number of amides is 1. The number of ether oxygens (including phenoxy) is 1. The number of nitrogens with one attached hydrogen (secondary N) is 1. The topological polar surface area (TPSA) is 38.3 Å². The second kappa shape index (κ2) is 4.69. The van der Waals surface area contributed by atoms with E-state index in [0.29, 0.717) is 12.5 Å². The van der Waals surface area contributed by atoms with Crippen molar-refractivity contribution in [1.29, 1.82) is 0 Å². The average Bonchev–Trinajstić information content (AvgIpc) is 2.85. The molecule has 2 aliphatic carbocycles. The number of hydrogen-bond donors (Lipinski definition) is 1. The van der Waals surface area contributed by atoms with Crippen LogP contribution in [0.2, 0.25) is 0 Å². The predicted octanol–water partition coefficient (Wildman–Crippen LogP) is 1.70. The molecular formula is C12H19NO2. The monoisotopic (exact) mass is 209 g/mol. The quantitative estimate of drug-likeness (QED) is 0.534. The molecule has 1 N–H and O–H groups in total. The standard InChI is InChI=1S/C12H19NO2/c1-2-15-5-3-4-13-12(14)11-7-9-6-10(9)8-11/h2,9-11H,1,3-8H2,(H,13,14). The van der Waals surface area contributed by atoms with Crippen LogP contribution in [0.5, 0.6) is 0 Å². The Labute approximate surface area is 90.9 Å². The lowest BCUT2D eigenvalue weighted by atomic mass is 10.0. The van der Waals surface area contributed by atoms with Crippen molar-refractivity contribution in [3.8, 4) is 0 Å². The smallest absolute Gasteiger partial charge is 0.223 e. The molecule has 0 radical (unpaired) electrons. The van der Waals surface area contributed by atoms with Crippen molar-refractivity contribution in [3.63, 3.8) is 0 Å². The molecule has 0 aromatic rings. The van der Waals surface area contributed by atoms with Gasteiger partial charge in [-0.2, -0.15) is 0 Å². The van der Waals surface area contributed by atoms with E-state index in [1.54, 1.807) is 0 Å². The van der Waals surface area contributed by atoms with Crippen LogP contribution in [0, 0.1) is 17.8 Å². The van der Waals surface area contributed by atoms with Gasteiger partial charge in [0.05, 0.1) is 12.9 Å². The van der Waals surface area contributed by atoms with Gasteiger partial charge in [0.15, 0.2) is 0 Å². The van der Waals surface area contributed by atoms with Crippen LogP contribution < -0.4 is 5.32 Å². The molecule has 15 heavy (non-hydrogen) atoms. The Hall–Kier alpha value is -0.990. The average molecular weight is 209 g/mol. The Balaban J connectivity index is 1.54. The summed E-state index contributed by atoms with van der Waals surface area (Å²) in [6.45, 7) is 4.82. The molecule has 2 rings (SSSR count). The molecule has 0 aromatic heterocycles. The zero-order valence-electron chi connectivity index (χ0n) is 9.08. The van der Waals surface area contributed by atoms with Crippen LogP contribution in [0.4, 0.5) is 0 Å². The summed E-state index contributed by atoms with van der Waals surface area (Å²) >= 11 is 0. The SMILES string of the molecule is C=COCCCNC(=O)C1CC2CC2C1. The third-order valence-corrected chi connectivity index (χ3v) is 3.47. The van der Waals surface area contributed by atoms with Crippen molar-refractivity contribution in [3.05, 3.63) is 12.8 Å². The van der Waals surface area contributed by atoms with E-state index in [1.807, 2.05) is 0 Å². The summed E-state index contributed by atoms with van der Waals surface area (Å²) in [5.74, 6) is 2.31. The zero-order chi connectivity index (χ0) is 10.7. The predicted molar refractivity (Wildman–Crippen MR) is 58.1 cm³/mol. The van der Waals surface area contributed by atoms with Gasteiger partial charge in [0.25, 0.3) is 0 Å². The van der Waals surface area contributed by atoms with E-state index >= 15 is 0 Å². The molecule has 2 fully saturated rings. The van der Waals surface area contributed by atoms with Crippen LogP contribution in [0.25, 0.3) is 0 Å². The largest absolute Gasteiger partial charge is 0.502 e. The van der Waals surface area contributed by atoms with E-state index in [2.05, 4.69) is 11.9 Å².